The van der Waals surface area contributed by atoms with Crippen LogP contribution in [0, 0.1) is 5.92 Å². The van der Waals surface area contributed by atoms with Crippen molar-refractivity contribution in [2.24, 2.45) is 11.7 Å². The van der Waals surface area contributed by atoms with E-state index < -0.39 is 6.10 Å². The maximum absolute atomic E-state index is 10.7. The fourth-order valence-corrected chi connectivity index (χ4v) is 5.39. The Hall–Kier alpha value is -2.08. The molecular weight excluding hydrogens is 422 g/mol. The van der Waals surface area contributed by atoms with Gasteiger partial charge in [0.2, 0.25) is 0 Å². The molecule has 2 atom stereocenters. The molecule has 1 aromatic heterocycles. The van der Waals surface area contributed by atoms with E-state index in [0.717, 1.165) is 34.0 Å². The molecule has 0 spiro atoms. The number of nitrogens with two attached hydrogens (primary N) is 1. The van der Waals surface area contributed by atoms with Gasteiger partial charge in [0.25, 0.3) is 0 Å². The smallest absolute Gasteiger partial charge is 0.129 e. The molecule has 2 heterocycles. The van der Waals surface area contributed by atoms with Crippen molar-refractivity contribution < 1.29 is 9.84 Å². The SMILES string of the molecule is CCCCCCCCN1CCC(CC(N)[C@H](O)COc2cccc3[nH]c4ccccc4c23)CC1. The molecule has 2 aromatic carbocycles. The van der Waals surface area contributed by atoms with Gasteiger partial charge >= 0.3 is 0 Å². The highest BCUT2D eigenvalue weighted by Gasteiger charge is 2.24. The third kappa shape index (κ3) is 6.53. The number of fused-ring (bicyclic) bond motifs is 3. The van der Waals surface area contributed by atoms with Gasteiger partial charge in [-0.15, -0.1) is 0 Å². The first kappa shape index (κ1) is 25.0. The second-order valence-electron chi connectivity index (χ2n) is 10.2. The zero-order chi connectivity index (χ0) is 23.8. The van der Waals surface area contributed by atoms with Crippen molar-refractivity contribution in [2.75, 3.05) is 26.2 Å². The monoisotopic (exact) mass is 465 g/mol. The molecule has 0 amide bonds. The zero-order valence-electron chi connectivity index (χ0n) is 20.8. The van der Waals surface area contributed by atoms with Gasteiger partial charge in [-0.2, -0.15) is 0 Å². The van der Waals surface area contributed by atoms with Crippen molar-refractivity contribution in [3.05, 3.63) is 42.5 Å². The summed E-state index contributed by atoms with van der Waals surface area (Å²) >= 11 is 0. The molecule has 5 heteroatoms. The lowest BCUT2D eigenvalue weighted by Crippen LogP contribution is -2.42. The highest BCUT2D eigenvalue weighted by molar-refractivity contribution is 6.10. The number of H-pyrrole nitrogens is 1. The Balaban J connectivity index is 1.20. The lowest BCUT2D eigenvalue weighted by atomic mass is 9.88. The average Bonchev–Trinajstić information content (AvgIpc) is 3.25. The predicted molar refractivity (Wildman–Crippen MR) is 142 cm³/mol. The number of aliphatic hydroxyl groups excluding tert-OH is 1. The number of piperidine rings is 1. The van der Waals surface area contributed by atoms with Crippen LogP contribution >= 0.6 is 0 Å². The number of para-hydroxylation sites is 1. The summed E-state index contributed by atoms with van der Waals surface area (Å²) in [5, 5.41) is 12.9. The molecule has 4 N–H and O–H groups in total. The standard InChI is InChI=1S/C29H43N3O2/c1-2-3-4-5-6-9-17-32-18-15-22(16-19-32)20-24(30)27(33)21-34-28-14-10-13-26-29(28)23-11-7-8-12-25(23)31-26/h7-8,10-14,22,24,27,31,33H,2-6,9,15-21,30H2,1H3/t24?,27-/m1/s1. The van der Waals surface area contributed by atoms with Crippen molar-refractivity contribution in [3.63, 3.8) is 0 Å². The number of nitrogens with zero attached hydrogens (tertiary/aromatic N) is 1. The largest absolute Gasteiger partial charge is 0.490 e. The second kappa shape index (κ2) is 12.6. The molecule has 5 nitrogen and oxygen atoms in total. The topological polar surface area (TPSA) is 74.5 Å². The van der Waals surface area contributed by atoms with E-state index in [1.165, 1.54) is 71.0 Å². The molecular formula is C29H43N3O2. The van der Waals surface area contributed by atoms with Gasteiger partial charge in [0, 0.05) is 22.3 Å². The fourth-order valence-electron chi connectivity index (χ4n) is 5.39. The van der Waals surface area contributed by atoms with Gasteiger partial charge in [-0.25, -0.2) is 0 Å². The van der Waals surface area contributed by atoms with Gasteiger partial charge < -0.3 is 25.5 Å². The van der Waals surface area contributed by atoms with E-state index in [1.807, 2.05) is 24.3 Å². The Bertz CT molecular complexity index is 1010. The van der Waals surface area contributed by atoms with Crippen LogP contribution in [0.3, 0.4) is 0 Å². The van der Waals surface area contributed by atoms with E-state index in [-0.39, 0.29) is 12.6 Å². The number of unbranched alkanes of at least 4 members (excludes halogenated alkanes) is 5. The number of aromatic nitrogens is 1. The van der Waals surface area contributed by atoms with Crippen LogP contribution in [0.5, 0.6) is 5.75 Å². The fraction of sp³-hybridized carbons (Fsp3) is 0.586. The molecule has 1 saturated heterocycles. The summed E-state index contributed by atoms with van der Waals surface area (Å²) in [5.41, 5.74) is 8.56. The van der Waals surface area contributed by atoms with Gasteiger partial charge in [-0.1, -0.05) is 63.3 Å². The zero-order valence-corrected chi connectivity index (χ0v) is 20.8. The van der Waals surface area contributed by atoms with Crippen LogP contribution in [0.4, 0.5) is 0 Å². The van der Waals surface area contributed by atoms with Gasteiger partial charge in [0.05, 0.1) is 5.52 Å². The minimum Gasteiger partial charge on any atom is -0.490 e. The van der Waals surface area contributed by atoms with E-state index in [9.17, 15) is 5.11 Å². The highest BCUT2D eigenvalue weighted by atomic mass is 16.5. The molecule has 3 aromatic rings. The summed E-state index contributed by atoms with van der Waals surface area (Å²) in [4.78, 5) is 6.05. The molecule has 1 unspecified atom stereocenters. The number of hydrogen-bond donors (Lipinski definition) is 3. The number of hydrogen-bond acceptors (Lipinski definition) is 4. The minimum atomic E-state index is -0.665. The van der Waals surface area contributed by atoms with Gasteiger partial charge in [0.15, 0.2) is 0 Å². The van der Waals surface area contributed by atoms with Crippen LogP contribution in [-0.2, 0) is 0 Å². The van der Waals surface area contributed by atoms with Gasteiger partial charge in [0.1, 0.15) is 18.5 Å². The van der Waals surface area contributed by atoms with Crippen molar-refractivity contribution in [1.82, 2.24) is 9.88 Å². The third-order valence-corrected chi connectivity index (χ3v) is 7.54. The maximum atomic E-state index is 10.7. The lowest BCUT2D eigenvalue weighted by molar-refractivity contribution is 0.0710. The van der Waals surface area contributed by atoms with Crippen molar-refractivity contribution >= 4 is 21.8 Å². The highest BCUT2D eigenvalue weighted by Crippen LogP contribution is 2.33. The molecule has 34 heavy (non-hydrogen) atoms. The van der Waals surface area contributed by atoms with E-state index in [1.54, 1.807) is 0 Å². The Morgan fingerprint density at radius 3 is 2.56 bits per heavy atom. The van der Waals surface area contributed by atoms with Gasteiger partial charge in [-0.3, -0.25) is 0 Å². The Morgan fingerprint density at radius 2 is 1.74 bits per heavy atom. The minimum absolute atomic E-state index is 0.219. The van der Waals surface area contributed by atoms with E-state index in [4.69, 9.17) is 10.5 Å². The quantitative estimate of drug-likeness (QED) is 0.277. The van der Waals surface area contributed by atoms with Crippen molar-refractivity contribution in [2.45, 2.75) is 76.9 Å². The average molecular weight is 466 g/mol. The summed E-state index contributed by atoms with van der Waals surface area (Å²) < 4.78 is 6.10. The molecule has 1 aliphatic rings. The van der Waals surface area contributed by atoms with Crippen LogP contribution in [-0.4, -0.2) is 53.4 Å². The summed E-state index contributed by atoms with van der Waals surface area (Å²) in [6.07, 6.45) is 10.7. The number of likely N-dealkylation sites (tertiary alicyclic amines) is 1. The number of rotatable bonds is 13. The second-order valence-corrected chi connectivity index (χ2v) is 10.2. The number of benzene rings is 2. The first-order chi connectivity index (χ1) is 16.7. The third-order valence-electron chi connectivity index (χ3n) is 7.54. The number of ether oxygens (including phenoxy) is 1. The molecule has 4 rings (SSSR count). The number of aromatic amines is 1. The van der Waals surface area contributed by atoms with Crippen molar-refractivity contribution in [3.8, 4) is 5.75 Å². The predicted octanol–water partition coefficient (Wildman–Crippen LogP) is 5.85. The maximum Gasteiger partial charge on any atom is 0.129 e. The van der Waals surface area contributed by atoms with Gasteiger partial charge in [-0.05, 0) is 69.4 Å². The van der Waals surface area contributed by atoms with E-state index in [0.29, 0.717) is 5.92 Å². The molecule has 1 aliphatic heterocycles. The van der Waals surface area contributed by atoms with E-state index in [2.05, 4.69) is 35.0 Å². The Kier molecular flexibility index (Phi) is 9.25. The molecule has 1 fully saturated rings. The van der Waals surface area contributed by atoms with E-state index >= 15 is 0 Å². The Morgan fingerprint density at radius 1 is 1.00 bits per heavy atom. The number of aliphatic hydroxyl groups is 1. The van der Waals surface area contributed by atoms with Crippen LogP contribution < -0.4 is 10.5 Å². The molecule has 0 saturated carbocycles. The summed E-state index contributed by atoms with van der Waals surface area (Å²) in [5.74, 6) is 1.40. The summed E-state index contributed by atoms with van der Waals surface area (Å²) in [6, 6.07) is 14.0. The number of nitrogens with one attached hydrogen (secondary N) is 1. The molecule has 186 valence electrons. The molecule has 0 radical (unpaired) electrons. The van der Waals surface area contributed by atoms with Crippen LogP contribution in [0.1, 0.15) is 64.7 Å². The van der Waals surface area contributed by atoms with Crippen LogP contribution in [0.2, 0.25) is 0 Å². The lowest BCUT2D eigenvalue weighted by Gasteiger charge is -2.33. The van der Waals surface area contributed by atoms with Crippen LogP contribution in [0.25, 0.3) is 21.8 Å². The van der Waals surface area contributed by atoms with Crippen molar-refractivity contribution in [1.29, 1.82) is 0 Å². The van der Waals surface area contributed by atoms with Crippen LogP contribution in [0.15, 0.2) is 42.5 Å². The Labute approximate surface area is 204 Å². The summed E-state index contributed by atoms with van der Waals surface area (Å²) in [6.45, 7) is 6.06. The first-order valence-corrected chi connectivity index (χ1v) is 13.4. The molecule has 0 aliphatic carbocycles. The normalized spacial score (nSPS) is 17.4. The first-order valence-electron chi connectivity index (χ1n) is 13.4. The molecule has 0 bridgehead atoms. The summed E-state index contributed by atoms with van der Waals surface area (Å²) in [7, 11) is 0.